The molecule has 0 spiro atoms. The molecule has 2 amide bonds. The number of methoxy groups -OCH3 is 1. The number of nitrogens with one attached hydrogen (secondary N) is 2. The maximum Gasteiger partial charge on any atom is 0.224 e. The average molecular weight is 338 g/mol. The van der Waals surface area contributed by atoms with Crippen LogP contribution in [0.25, 0.3) is 6.08 Å². The summed E-state index contributed by atoms with van der Waals surface area (Å²) < 4.78 is 5.24. The number of hydrogen-bond acceptors (Lipinski definition) is 3. The first-order chi connectivity index (χ1) is 12.1. The van der Waals surface area contributed by atoms with Gasteiger partial charge in [0, 0.05) is 25.1 Å². The van der Waals surface area contributed by atoms with Gasteiger partial charge in [0.15, 0.2) is 0 Å². The van der Waals surface area contributed by atoms with Crippen LogP contribution in [-0.4, -0.2) is 18.9 Å². The molecule has 25 heavy (non-hydrogen) atoms. The second kappa shape index (κ2) is 9.27. The monoisotopic (exact) mass is 338 g/mol. The van der Waals surface area contributed by atoms with E-state index in [1.165, 1.54) is 14.0 Å². The van der Waals surface area contributed by atoms with Crippen LogP contribution in [0.1, 0.15) is 25.3 Å². The number of rotatable bonds is 7. The van der Waals surface area contributed by atoms with Crippen LogP contribution in [0.3, 0.4) is 0 Å². The Labute approximate surface area is 147 Å². The molecule has 0 unspecified atom stereocenters. The summed E-state index contributed by atoms with van der Waals surface area (Å²) in [4.78, 5) is 23.2. The summed E-state index contributed by atoms with van der Waals surface area (Å²) in [7, 11) is 1.51. The number of anilines is 2. The zero-order valence-electron chi connectivity index (χ0n) is 14.4. The molecule has 0 aliphatic rings. The molecule has 0 aromatic heterocycles. The minimum atomic E-state index is -0.180. The highest BCUT2D eigenvalue weighted by Crippen LogP contribution is 2.28. The van der Waals surface area contributed by atoms with Gasteiger partial charge in [0.25, 0.3) is 0 Å². The van der Waals surface area contributed by atoms with E-state index in [1.54, 1.807) is 18.2 Å². The van der Waals surface area contributed by atoms with Crippen LogP contribution in [0, 0.1) is 0 Å². The Kier molecular flexibility index (Phi) is 6.77. The summed E-state index contributed by atoms with van der Waals surface area (Å²) in [5, 5.41) is 5.51. The van der Waals surface area contributed by atoms with E-state index in [0.29, 0.717) is 30.0 Å². The van der Waals surface area contributed by atoms with Crippen molar-refractivity contribution >= 4 is 29.3 Å². The Morgan fingerprint density at radius 3 is 2.52 bits per heavy atom. The molecule has 2 aromatic rings. The highest BCUT2D eigenvalue weighted by atomic mass is 16.5. The molecule has 5 heteroatoms. The Balaban J connectivity index is 1.87. The minimum Gasteiger partial charge on any atom is -0.494 e. The van der Waals surface area contributed by atoms with E-state index in [9.17, 15) is 9.59 Å². The van der Waals surface area contributed by atoms with Gasteiger partial charge in [0.1, 0.15) is 5.75 Å². The van der Waals surface area contributed by atoms with E-state index in [0.717, 1.165) is 5.56 Å². The van der Waals surface area contributed by atoms with Crippen molar-refractivity contribution in [2.24, 2.45) is 0 Å². The molecular weight excluding hydrogens is 316 g/mol. The number of benzene rings is 2. The predicted octanol–water partition coefficient (Wildman–Crippen LogP) is 4.09. The molecule has 0 atom stereocenters. The molecule has 0 saturated carbocycles. The molecule has 0 aliphatic heterocycles. The van der Waals surface area contributed by atoms with Crippen LogP contribution < -0.4 is 15.4 Å². The number of ether oxygens (including phenoxy) is 1. The van der Waals surface area contributed by atoms with Crippen molar-refractivity contribution in [2.75, 3.05) is 17.7 Å². The van der Waals surface area contributed by atoms with Crippen molar-refractivity contribution in [3.8, 4) is 5.75 Å². The van der Waals surface area contributed by atoms with Gasteiger partial charge >= 0.3 is 0 Å². The van der Waals surface area contributed by atoms with Crippen molar-refractivity contribution in [2.45, 2.75) is 19.8 Å². The maximum absolute atomic E-state index is 12.0. The molecule has 2 N–H and O–H groups in total. The summed E-state index contributed by atoms with van der Waals surface area (Å²) in [6, 6.07) is 15.1. The van der Waals surface area contributed by atoms with Gasteiger partial charge in [-0.1, -0.05) is 42.5 Å². The second-order valence-corrected chi connectivity index (χ2v) is 5.50. The van der Waals surface area contributed by atoms with E-state index in [-0.39, 0.29) is 11.8 Å². The number of carbonyl (C=O) groups is 2. The molecule has 0 aliphatic carbocycles. The van der Waals surface area contributed by atoms with Crippen molar-refractivity contribution < 1.29 is 14.3 Å². The summed E-state index contributed by atoms with van der Waals surface area (Å²) in [6.07, 6.45) is 5.02. The Morgan fingerprint density at radius 2 is 1.84 bits per heavy atom. The zero-order chi connectivity index (χ0) is 18.1. The lowest BCUT2D eigenvalue weighted by atomic mass is 10.2. The van der Waals surface area contributed by atoms with Gasteiger partial charge in [0.2, 0.25) is 11.8 Å². The van der Waals surface area contributed by atoms with Crippen molar-refractivity contribution in [3.05, 3.63) is 60.2 Å². The number of amides is 2. The first-order valence-electron chi connectivity index (χ1n) is 8.05. The van der Waals surface area contributed by atoms with Gasteiger partial charge in [-0.05, 0) is 24.1 Å². The molecule has 5 nitrogen and oxygen atoms in total. The highest BCUT2D eigenvalue weighted by Gasteiger charge is 2.08. The molecule has 130 valence electrons. The summed E-state index contributed by atoms with van der Waals surface area (Å²) in [5.41, 5.74) is 2.31. The fraction of sp³-hybridized carbons (Fsp3) is 0.200. The van der Waals surface area contributed by atoms with Crippen molar-refractivity contribution in [3.63, 3.8) is 0 Å². The molecule has 0 radical (unpaired) electrons. The molecule has 0 fully saturated rings. The standard InChI is InChI=1S/C20H22N2O3/c1-15(23)21-18-13-12-17(14-19(18)25-2)22-20(24)11-7-6-10-16-8-4-3-5-9-16/h3-6,8-10,12-14H,7,11H2,1-2H3,(H,21,23)(H,22,24). The Morgan fingerprint density at radius 1 is 1.08 bits per heavy atom. The van der Waals surface area contributed by atoms with Gasteiger partial charge in [0.05, 0.1) is 12.8 Å². The predicted molar refractivity (Wildman–Crippen MR) is 101 cm³/mol. The van der Waals surface area contributed by atoms with Crippen molar-refractivity contribution in [1.29, 1.82) is 0 Å². The normalized spacial score (nSPS) is 10.5. The van der Waals surface area contributed by atoms with Crippen LogP contribution >= 0.6 is 0 Å². The minimum absolute atomic E-state index is 0.0768. The first-order valence-corrected chi connectivity index (χ1v) is 8.05. The van der Waals surface area contributed by atoms with Crippen LogP contribution in [0.2, 0.25) is 0 Å². The smallest absolute Gasteiger partial charge is 0.224 e. The summed E-state index contributed by atoms with van der Waals surface area (Å²) in [6.45, 7) is 1.43. The van der Waals surface area contributed by atoms with Crippen LogP contribution in [0.15, 0.2) is 54.6 Å². The maximum atomic E-state index is 12.0. The number of allylic oxidation sites excluding steroid dienone is 1. The largest absolute Gasteiger partial charge is 0.494 e. The van der Waals surface area contributed by atoms with E-state index in [1.807, 2.05) is 42.5 Å². The van der Waals surface area contributed by atoms with E-state index in [4.69, 9.17) is 4.74 Å². The van der Waals surface area contributed by atoms with Crippen molar-refractivity contribution in [1.82, 2.24) is 0 Å². The Bertz CT molecular complexity index is 755. The first kappa shape index (κ1) is 18.3. The third-order valence-corrected chi connectivity index (χ3v) is 3.44. The van der Waals surface area contributed by atoms with Gasteiger partial charge in [-0.25, -0.2) is 0 Å². The SMILES string of the molecule is COc1cc(NC(=O)CCC=Cc2ccccc2)ccc1NC(C)=O. The lowest BCUT2D eigenvalue weighted by Gasteiger charge is -2.11. The molecule has 2 rings (SSSR count). The number of hydrogen-bond donors (Lipinski definition) is 2. The van der Waals surface area contributed by atoms with Crippen LogP contribution in [-0.2, 0) is 9.59 Å². The fourth-order valence-electron chi connectivity index (χ4n) is 2.28. The highest BCUT2D eigenvalue weighted by molar-refractivity contribution is 5.93. The molecule has 2 aromatic carbocycles. The van der Waals surface area contributed by atoms with E-state index >= 15 is 0 Å². The second-order valence-electron chi connectivity index (χ2n) is 5.50. The lowest BCUT2D eigenvalue weighted by Crippen LogP contribution is -2.11. The molecule has 0 saturated heterocycles. The molecular formula is C20H22N2O3. The van der Waals surface area contributed by atoms with Gasteiger partial charge in [-0.3, -0.25) is 9.59 Å². The lowest BCUT2D eigenvalue weighted by molar-refractivity contribution is -0.116. The van der Waals surface area contributed by atoms with Gasteiger partial charge < -0.3 is 15.4 Å². The third-order valence-electron chi connectivity index (χ3n) is 3.44. The fourth-order valence-corrected chi connectivity index (χ4v) is 2.28. The van der Waals surface area contributed by atoms with Crippen LogP contribution in [0.5, 0.6) is 5.75 Å². The topological polar surface area (TPSA) is 67.4 Å². The quantitative estimate of drug-likeness (QED) is 0.799. The average Bonchev–Trinajstić information content (AvgIpc) is 2.60. The zero-order valence-corrected chi connectivity index (χ0v) is 14.4. The van der Waals surface area contributed by atoms with E-state index < -0.39 is 0 Å². The third kappa shape index (κ3) is 6.14. The summed E-state index contributed by atoms with van der Waals surface area (Å²) >= 11 is 0. The van der Waals surface area contributed by atoms with Gasteiger partial charge in [-0.2, -0.15) is 0 Å². The van der Waals surface area contributed by atoms with Gasteiger partial charge in [-0.15, -0.1) is 0 Å². The van der Waals surface area contributed by atoms with E-state index in [2.05, 4.69) is 10.6 Å². The number of carbonyl (C=O) groups excluding carboxylic acids is 2. The van der Waals surface area contributed by atoms with Crippen LogP contribution in [0.4, 0.5) is 11.4 Å². The Hall–Kier alpha value is -3.08. The summed E-state index contributed by atoms with van der Waals surface area (Å²) in [5.74, 6) is 0.240. The molecule has 0 heterocycles. The molecule has 0 bridgehead atoms.